The first-order valence-corrected chi connectivity index (χ1v) is 10.9. The molecule has 182 valence electrons. The summed E-state index contributed by atoms with van der Waals surface area (Å²) in [6.45, 7) is 1.54. The summed E-state index contributed by atoms with van der Waals surface area (Å²) < 4.78 is 9.87. The van der Waals surface area contributed by atoms with Crippen LogP contribution in [0.5, 0.6) is 0 Å². The molecule has 2 unspecified atom stereocenters. The van der Waals surface area contributed by atoms with E-state index in [1.807, 2.05) is 18.2 Å². The van der Waals surface area contributed by atoms with Gasteiger partial charge in [-0.3, -0.25) is 19.2 Å². The number of nitrogens with two attached hydrogens (primary N) is 2. The lowest BCUT2D eigenvalue weighted by Crippen LogP contribution is -2.51. The number of hydrogen-bond acceptors (Lipinski definition) is 8. The molecular weight excluding hydrogens is 438 g/mol. The Morgan fingerprint density at radius 3 is 2.06 bits per heavy atom. The Labute approximate surface area is 198 Å². The number of benzene rings is 2. The summed E-state index contributed by atoms with van der Waals surface area (Å²) in [5, 5.41) is 2.70. The Kier molecular flexibility index (Phi) is 10.4. The first kappa shape index (κ1) is 26.7. The summed E-state index contributed by atoms with van der Waals surface area (Å²) in [7, 11) is 1.25. The first-order valence-electron chi connectivity index (χ1n) is 10.9. The van der Waals surface area contributed by atoms with Crippen LogP contribution in [0.1, 0.15) is 36.9 Å². The predicted molar refractivity (Wildman–Crippen MR) is 125 cm³/mol. The molecule has 5 N–H and O–H groups in total. The molecule has 0 fully saturated rings. The van der Waals surface area contributed by atoms with E-state index in [1.165, 1.54) is 14.0 Å². The quantitative estimate of drug-likeness (QED) is 0.395. The number of rotatable bonds is 12. The topological polar surface area (TPSA) is 151 Å². The molecule has 0 bridgehead atoms. The van der Waals surface area contributed by atoms with Crippen LogP contribution in [0.3, 0.4) is 0 Å². The summed E-state index contributed by atoms with van der Waals surface area (Å²) in [5.41, 5.74) is 13.4. The lowest BCUT2D eigenvalue weighted by Gasteiger charge is -2.24. The molecule has 0 aliphatic rings. The van der Waals surface area contributed by atoms with Gasteiger partial charge in [0.05, 0.1) is 38.1 Å². The fraction of sp³-hybridized carbons (Fsp3) is 0.360. The number of hydrogen-bond donors (Lipinski definition) is 3. The second-order valence-corrected chi connectivity index (χ2v) is 7.93. The van der Waals surface area contributed by atoms with E-state index in [0.717, 1.165) is 5.56 Å². The maximum atomic E-state index is 12.8. The molecule has 1 amide bonds. The van der Waals surface area contributed by atoms with E-state index < -0.39 is 47.7 Å². The molecule has 9 nitrogen and oxygen atoms in total. The zero-order chi connectivity index (χ0) is 25.1. The Morgan fingerprint density at radius 2 is 1.47 bits per heavy atom. The van der Waals surface area contributed by atoms with E-state index in [9.17, 15) is 19.2 Å². The lowest BCUT2D eigenvalue weighted by atomic mass is 9.91. The number of ether oxygens (including phenoxy) is 2. The van der Waals surface area contributed by atoms with Crippen molar-refractivity contribution in [2.24, 2.45) is 17.4 Å². The lowest BCUT2D eigenvalue weighted by molar-refractivity contribution is -0.147. The minimum absolute atomic E-state index is 0.0686. The van der Waals surface area contributed by atoms with Crippen molar-refractivity contribution in [3.05, 3.63) is 71.8 Å². The van der Waals surface area contributed by atoms with Crippen LogP contribution in [0.2, 0.25) is 0 Å². The molecule has 0 saturated carbocycles. The number of ketones is 1. The zero-order valence-electron chi connectivity index (χ0n) is 19.3. The number of nitrogens with one attached hydrogen (secondary N) is 1. The average molecular weight is 470 g/mol. The van der Waals surface area contributed by atoms with Crippen LogP contribution in [-0.4, -0.2) is 42.8 Å². The Bertz CT molecular complexity index is 967. The van der Waals surface area contributed by atoms with Crippen LogP contribution in [0, 0.1) is 5.92 Å². The van der Waals surface area contributed by atoms with Crippen LogP contribution in [0.15, 0.2) is 60.7 Å². The van der Waals surface area contributed by atoms with Crippen molar-refractivity contribution in [3.63, 3.8) is 0 Å². The van der Waals surface area contributed by atoms with E-state index >= 15 is 0 Å². The molecular formula is C25H31N3O6. The van der Waals surface area contributed by atoms with E-state index in [2.05, 4.69) is 5.32 Å². The Hall–Kier alpha value is -3.56. The highest BCUT2D eigenvalue weighted by Crippen LogP contribution is 2.18. The van der Waals surface area contributed by atoms with Crippen molar-refractivity contribution < 1.29 is 28.7 Å². The molecule has 0 saturated heterocycles. The third-order valence-corrected chi connectivity index (χ3v) is 5.40. The van der Waals surface area contributed by atoms with Gasteiger partial charge in [-0.05, 0) is 11.1 Å². The highest BCUT2D eigenvalue weighted by atomic mass is 16.5. The summed E-state index contributed by atoms with van der Waals surface area (Å²) in [6, 6.07) is 14.9. The number of amides is 1. The number of Topliss-reactive ketones (excluding diaryl/α,β-unsaturated/α-hetero) is 1. The van der Waals surface area contributed by atoms with E-state index in [0.29, 0.717) is 5.56 Å². The van der Waals surface area contributed by atoms with Crippen molar-refractivity contribution >= 4 is 23.6 Å². The normalized spacial score (nSPS) is 14.2. The van der Waals surface area contributed by atoms with E-state index in [4.69, 9.17) is 20.9 Å². The molecule has 34 heavy (non-hydrogen) atoms. The van der Waals surface area contributed by atoms with Gasteiger partial charge in [0.15, 0.2) is 5.78 Å². The summed E-state index contributed by atoms with van der Waals surface area (Å²) in [4.78, 5) is 49.4. The second kappa shape index (κ2) is 13.2. The van der Waals surface area contributed by atoms with Gasteiger partial charge in [-0.2, -0.15) is 0 Å². The molecule has 2 rings (SSSR count). The van der Waals surface area contributed by atoms with Crippen molar-refractivity contribution in [3.8, 4) is 0 Å². The average Bonchev–Trinajstić information content (AvgIpc) is 2.86. The molecule has 0 radical (unpaired) electrons. The Morgan fingerprint density at radius 1 is 0.882 bits per heavy atom. The molecule has 2 aromatic rings. The van der Waals surface area contributed by atoms with E-state index in [1.54, 1.807) is 42.5 Å². The van der Waals surface area contributed by atoms with Crippen molar-refractivity contribution in [2.45, 2.75) is 44.5 Å². The van der Waals surface area contributed by atoms with Crippen LogP contribution >= 0.6 is 0 Å². The first-order chi connectivity index (χ1) is 16.2. The molecule has 2 aromatic carbocycles. The monoisotopic (exact) mass is 469 g/mol. The summed E-state index contributed by atoms with van der Waals surface area (Å²) in [6.07, 6.45) is -0.437. The van der Waals surface area contributed by atoms with Crippen LogP contribution in [-0.2, 0) is 35.3 Å². The van der Waals surface area contributed by atoms with Crippen LogP contribution in [0.25, 0.3) is 0 Å². The fourth-order valence-electron chi connectivity index (χ4n) is 3.27. The van der Waals surface area contributed by atoms with Crippen molar-refractivity contribution in [1.82, 2.24) is 5.32 Å². The van der Waals surface area contributed by atoms with Gasteiger partial charge in [-0.25, -0.2) is 0 Å². The molecule has 0 aliphatic heterocycles. The number of esters is 2. The summed E-state index contributed by atoms with van der Waals surface area (Å²) in [5.74, 6) is -3.27. The predicted octanol–water partition coefficient (Wildman–Crippen LogP) is 1.40. The highest BCUT2D eigenvalue weighted by molar-refractivity contribution is 5.95. The van der Waals surface area contributed by atoms with Crippen LogP contribution < -0.4 is 16.8 Å². The van der Waals surface area contributed by atoms with Gasteiger partial charge >= 0.3 is 11.9 Å². The molecule has 4 atom stereocenters. The minimum Gasteiger partial charge on any atom is -0.469 e. The fourth-order valence-corrected chi connectivity index (χ4v) is 3.27. The van der Waals surface area contributed by atoms with Gasteiger partial charge in [-0.15, -0.1) is 0 Å². The number of carbonyl (C=O) groups is 4. The zero-order valence-corrected chi connectivity index (χ0v) is 19.3. The summed E-state index contributed by atoms with van der Waals surface area (Å²) >= 11 is 0. The molecule has 0 aliphatic carbocycles. The van der Waals surface area contributed by atoms with Gasteiger partial charge in [-0.1, -0.05) is 67.6 Å². The molecule has 0 aromatic heterocycles. The highest BCUT2D eigenvalue weighted by Gasteiger charge is 2.32. The van der Waals surface area contributed by atoms with Crippen molar-refractivity contribution in [1.29, 1.82) is 0 Å². The standard InChI is InChI=1S/C25H31N3O6/c1-16(24(31)19(26)13-22(30)34-15-17-9-5-3-6-10-17)23(27)25(32)28-20(14-21(29)33-2)18-11-7-4-8-12-18/h3-12,16,19-20,23H,13-15,26-27H2,1-2H3,(H,28,32)/t16?,19-,20?,23+/m0/s1. The molecule has 0 spiro atoms. The third-order valence-electron chi connectivity index (χ3n) is 5.40. The number of carbonyl (C=O) groups excluding carboxylic acids is 4. The van der Waals surface area contributed by atoms with Gasteiger partial charge in [0.25, 0.3) is 0 Å². The SMILES string of the molecule is COC(=O)CC(NC(=O)[C@H](N)C(C)C(=O)[C@@H](N)CC(=O)OCc1ccccc1)c1ccccc1. The minimum atomic E-state index is -1.23. The molecule has 9 heteroatoms. The van der Waals surface area contributed by atoms with Gasteiger partial charge in [0.1, 0.15) is 6.61 Å². The Balaban J connectivity index is 1.93. The third kappa shape index (κ3) is 8.09. The van der Waals surface area contributed by atoms with Gasteiger partial charge in [0, 0.05) is 5.92 Å². The smallest absolute Gasteiger partial charge is 0.308 e. The van der Waals surface area contributed by atoms with Crippen molar-refractivity contribution in [2.75, 3.05) is 7.11 Å². The molecule has 0 heterocycles. The maximum absolute atomic E-state index is 12.8. The van der Waals surface area contributed by atoms with Crippen LogP contribution in [0.4, 0.5) is 0 Å². The number of methoxy groups -OCH3 is 1. The maximum Gasteiger partial charge on any atom is 0.308 e. The second-order valence-electron chi connectivity index (χ2n) is 7.93. The van der Waals surface area contributed by atoms with E-state index in [-0.39, 0.29) is 19.4 Å². The van der Waals surface area contributed by atoms with Gasteiger partial charge in [0.2, 0.25) is 5.91 Å². The van der Waals surface area contributed by atoms with Gasteiger partial charge < -0.3 is 26.3 Å². The largest absolute Gasteiger partial charge is 0.469 e.